The Kier molecular flexibility index (Phi) is 3.04. The molecule has 1 saturated heterocycles. The first-order valence-electron chi connectivity index (χ1n) is 4.97. The van der Waals surface area contributed by atoms with Crippen molar-refractivity contribution in [3.05, 3.63) is 0 Å². The third-order valence-corrected chi connectivity index (χ3v) is 5.20. The van der Waals surface area contributed by atoms with Crippen molar-refractivity contribution >= 4 is 15.6 Å². The predicted octanol–water partition coefficient (Wildman–Crippen LogP) is 1.43. The van der Waals surface area contributed by atoms with Crippen LogP contribution < -0.4 is 0 Å². The van der Waals surface area contributed by atoms with Gasteiger partial charge in [-0.15, -0.1) is 0 Å². The van der Waals surface area contributed by atoms with Crippen LogP contribution in [-0.2, 0) is 14.6 Å². The predicted molar refractivity (Wildman–Crippen MR) is 55.8 cm³/mol. The van der Waals surface area contributed by atoms with Crippen LogP contribution in [0.25, 0.3) is 0 Å². The van der Waals surface area contributed by atoms with Crippen LogP contribution in [0.15, 0.2) is 0 Å². The van der Waals surface area contributed by atoms with E-state index in [1.807, 2.05) is 13.8 Å². The summed E-state index contributed by atoms with van der Waals surface area (Å²) in [6, 6.07) is 0. The van der Waals surface area contributed by atoms with Gasteiger partial charge in [-0.25, -0.2) is 8.42 Å². The van der Waals surface area contributed by atoms with E-state index in [9.17, 15) is 13.2 Å². The molecule has 0 aromatic carbocycles. The Morgan fingerprint density at radius 3 is 2.00 bits per heavy atom. The third-order valence-electron chi connectivity index (χ3n) is 3.48. The molecule has 1 aliphatic rings. The standard InChI is InChI=1S/C10H18O3S/c1-8(11)10(2,3)9-4-6-14(12,13)7-5-9/h9H,4-7H2,1-3H3. The fraction of sp³-hybridized carbons (Fsp3) is 0.900. The minimum atomic E-state index is -2.81. The lowest BCUT2D eigenvalue weighted by Crippen LogP contribution is -2.37. The topological polar surface area (TPSA) is 51.2 Å². The van der Waals surface area contributed by atoms with Gasteiger partial charge in [0.05, 0.1) is 11.5 Å². The summed E-state index contributed by atoms with van der Waals surface area (Å²) in [5.74, 6) is 0.869. The molecule has 1 rings (SSSR count). The van der Waals surface area contributed by atoms with Crippen LogP contribution in [0.4, 0.5) is 0 Å². The van der Waals surface area contributed by atoms with Crippen molar-refractivity contribution in [1.29, 1.82) is 0 Å². The summed E-state index contributed by atoms with van der Waals surface area (Å²) in [6.07, 6.45) is 1.27. The molecule has 0 saturated carbocycles. The van der Waals surface area contributed by atoms with E-state index in [0.29, 0.717) is 12.8 Å². The average Bonchev–Trinajstić information content (AvgIpc) is 2.03. The lowest BCUT2D eigenvalue weighted by Gasteiger charge is -2.34. The largest absolute Gasteiger partial charge is 0.299 e. The van der Waals surface area contributed by atoms with Crippen molar-refractivity contribution in [2.75, 3.05) is 11.5 Å². The highest BCUT2D eigenvalue weighted by molar-refractivity contribution is 7.91. The molecule has 0 spiro atoms. The zero-order valence-electron chi connectivity index (χ0n) is 9.04. The Bertz CT molecular complexity index is 313. The molecular formula is C10H18O3S. The van der Waals surface area contributed by atoms with Gasteiger partial charge in [-0.2, -0.15) is 0 Å². The van der Waals surface area contributed by atoms with E-state index in [0.717, 1.165) is 0 Å². The van der Waals surface area contributed by atoms with E-state index in [1.54, 1.807) is 6.92 Å². The number of hydrogen-bond donors (Lipinski definition) is 0. The van der Waals surface area contributed by atoms with Crippen LogP contribution in [0.1, 0.15) is 33.6 Å². The molecule has 0 N–H and O–H groups in total. The van der Waals surface area contributed by atoms with Gasteiger partial charge in [0.15, 0.2) is 0 Å². The Hall–Kier alpha value is -0.380. The molecule has 1 heterocycles. The van der Waals surface area contributed by atoms with Crippen LogP contribution in [-0.4, -0.2) is 25.7 Å². The van der Waals surface area contributed by atoms with E-state index in [2.05, 4.69) is 0 Å². The Balaban J connectivity index is 2.71. The van der Waals surface area contributed by atoms with Gasteiger partial charge in [-0.1, -0.05) is 13.8 Å². The molecule has 1 fully saturated rings. The maximum atomic E-state index is 11.4. The van der Waals surface area contributed by atoms with E-state index >= 15 is 0 Å². The summed E-state index contributed by atoms with van der Waals surface area (Å²) in [5.41, 5.74) is -0.365. The van der Waals surface area contributed by atoms with Crippen molar-refractivity contribution in [1.82, 2.24) is 0 Å². The van der Waals surface area contributed by atoms with Crippen molar-refractivity contribution < 1.29 is 13.2 Å². The van der Waals surface area contributed by atoms with E-state index in [4.69, 9.17) is 0 Å². The molecule has 0 aromatic rings. The van der Waals surface area contributed by atoms with Gasteiger partial charge in [0, 0.05) is 5.41 Å². The molecule has 1 aliphatic heterocycles. The molecule has 0 bridgehead atoms. The molecule has 82 valence electrons. The monoisotopic (exact) mass is 218 g/mol. The highest BCUT2D eigenvalue weighted by Gasteiger charge is 2.37. The minimum Gasteiger partial charge on any atom is -0.299 e. The van der Waals surface area contributed by atoms with E-state index < -0.39 is 9.84 Å². The van der Waals surface area contributed by atoms with Crippen LogP contribution in [0, 0.1) is 11.3 Å². The second kappa shape index (κ2) is 3.65. The Labute approximate surface area is 85.8 Å². The highest BCUT2D eigenvalue weighted by Crippen LogP contribution is 2.36. The van der Waals surface area contributed by atoms with Gasteiger partial charge in [0.2, 0.25) is 0 Å². The van der Waals surface area contributed by atoms with Crippen molar-refractivity contribution in [2.24, 2.45) is 11.3 Å². The zero-order chi connectivity index (χ0) is 11.0. The van der Waals surface area contributed by atoms with Crippen molar-refractivity contribution in [3.8, 4) is 0 Å². The number of ketones is 1. The molecule has 4 heteroatoms. The van der Waals surface area contributed by atoms with Crippen LogP contribution in [0.5, 0.6) is 0 Å². The maximum Gasteiger partial charge on any atom is 0.150 e. The second-order valence-corrected chi connectivity index (χ2v) is 7.01. The summed E-state index contributed by atoms with van der Waals surface area (Å²) >= 11 is 0. The van der Waals surface area contributed by atoms with Crippen molar-refractivity contribution in [3.63, 3.8) is 0 Å². The summed E-state index contributed by atoms with van der Waals surface area (Å²) in [5, 5.41) is 0. The number of hydrogen-bond acceptors (Lipinski definition) is 3. The van der Waals surface area contributed by atoms with Crippen LogP contribution in [0.2, 0.25) is 0 Å². The summed E-state index contributed by atoms with van der Waals surface area (Å²) in [7, 11) is -2.81. The van der Waals surface area contributed by atoms with E-state index in [1.165, 1.54) is 0 Å². The molecule has 0 amide bonds. The second-order valence-electron chi connectivity index (χ2n) is 4.70. The molecule has 0 radical (unpaired) electrons. The van der Waals surface area contributed by atoms with Crippen LogP contribution in [0.3, 0.4) is 0 Å². The molecular weight excluding hydrogens is 200 g/mol. The quantitative estimate of drug-likeness (QED) is 0.704. The molecule has 0 aromatic heterocycles. The number of carbonyl (C=O) groups excluding carboxylic acids is 1. The molecule has 0 atom stereocenters. The molecule has 14 heavy (non-hydrogen) atoms. The zero-order valence-corrected chi connectivity index (χ0v) is 9.86. The lowest BCUT2D eigenvalue weighted by atomic mass is 9.73. The summed E-state index contributed by atoms with van der Waals surface area (Å²) in [6.45, 7) is 5.42. The highest BCUT2D eigenvalue weighted by atomic mass is 32.2. The van der Waals surface area contributed by atoms with Gasteiger partial charge < -0.3 is 0 Å². The lowest BCUT2D eigenvalue weighted by molar-refractivity contribution is -0.127. The van der Waals surface area contributed by atoms with Gasteiger partial charge in [-0.05, 0) is 25.7 Å². The maximum absolute atomic E-state index is 11.4. The fourth-order valence-corrected chi connectivity index (χ4v) is 3.39. The smallest absolute Gasteiger partial charge is 0.150 e. The molecule has 0 unspecified atom stereocenters. The van der Waals surface area contributed by atoms with Gasteiger partial charge in [0.1, 0.15) is 15.6 Å². The fourth-order valence-electron chi connectivity index (χ4n) is 1.90. The number of sulfone groups is 1. The van der Waals surface area contributed by atoms with Crippen molar-refractivity contribution in [2.45, 2.75) is 33.6 Å². The first kappa shape index (κ1) is 11.7. The first-order valence-corrected chi connectivity index (χ1v) is 6.79. The minimum absolute atomic E-state index is 0.154. The van der Waals surface area contributed by atoms with E-state index in [-0.39, 0.29) is 28.6 Å². The number of rotatable bonds is 2. The van der Waals surface area contributed by atoms with Gasteiger partial charge >= 0.3 is 0 Å². The van der Waals surface area contributed by atoms with Gasteiger partial charge in [-0.3, -0.25) is 4.79 Å². The Morgan fingerprint density at radius 2 is 1.64 bits per heavy atom. The summed E-state index contributed by atoms with van der Waals surface area (Å²) in [4.78, 5) is 11.4. The Morgan fingerprint density at radius 1 is 1.21 bits per heavy atom. The van der Waals surface area contributed by atoms with Crippen LogP contribution >= 0.6 is 0 Å². The third kappa shape index (κ3) is 2.35. The molecule has 0 aliphatic carbocycles. The average molecular weight is 218 g/mol. The molecule has 3 nitrogen and oxygen atoms in total. The number of Topliss-reactive ketones (excluding diaryl/α,β-unsaturated/α-hetero) is 1. The normalized spacial score (nSPS) is 23.4. The SMILES string of the molecule is CC(=O)C(C)(C)C1CCS(=O)(=O)CC1. The summed E-state index contributed by atoms with van der Waals surface area (Å²) < 4.78 is 22.4. The first-order chi connectivity index (χ1) is 6.26. The number of carbonyl (C=O) groups is 1. The van der Waals surface area contributed by atoms with Gasteiger partial charge in [0.25, 0.3) is 0 Å².